The summed E-state index contributed by atoms with van der Waals surface area (Å²) in [7, 11) is -3.92. The summed E-state index contributed by atoms with van der Waals surface area (Å²) in [6.45, 7) is 2.73. The van der Waals surface area contributed by atoms with Gasteiger partial charge in [0.25, 0.3) is 0 Å². The Kier molecular flexibility index (Phi) is 5.32. The van der Waals surface area contributed by atoms with Crippen molar-refractivity contribution in [2.24, 2.45) is 0 Å². The molecule has 0 fully saturated rings. The topological polar surface area (TPSA) is 89.0 Å². The predicted octanol–water partition coefficient (Wildman–Crippen LogP) is 4.05. The Morgan fingerprint density at radius 1 is 1.11 bits per heavy atom. The first-order valence-electron chi connectivity index (χ1n) is 7.89. The number of amides is 1. The van der Waals surface area contributed by atoms with E-state index in [4.69, 9.17) is 11.6 Å². The molecule has 1 amide bonds. The Morgan fingerprint density at radius 3 is 2.37 bits per heavy atom. The molecule has 0 unspecified atom stereocenters. The molecular weight excluding hydrogens is 406 g/mol. The van der Waals surface area contributed by atoms with E-state index in [2.05, 4.69) is 15.3 Å². The van der Waals surface area contributed by atoms with Crippen molar-refractivity contribution >= 4 is 43.8 Å². The van der Waals surface area contributed by atoms with Crippen molar-refractivity contribution in [1.29, 1.82) is 0 Å². The van der Waals surface area contributed by atoms with Gasteiger partial charge in [0.2, 0.25) is 5.91 Å². The van der Waals surface area contributed by atoms with Gasteiger partial charge in [-0.25, -0.2) is 13.4 Å². The number of halogens is 1. The van der Waals surface area contributed by atoms with Crippen LogP contribution >= 0.6 is 22.9 Å². The fourth-order valence-electron chi connectivity index (χ4n) is 2.26. The maximum absolute atomic E-state index is 12.9. The second-order valence-corrected chi connectivity index (χ2v) is 9.99. The largest absolute Gasteiger partial charge is 0.301 e. The van der Waals surface area contributed by atoms with Crippen molar-refractivity contribution in [3.05, 3.63) is 59.2 Å². The van der Waals surface area contributed by atoms with E-state index in [1.54, 1.807) is 29.9 Å². The van der Waals surface area contributed by atoms with E-state index < -0.39 is 20.5 Å². The van der Waals surface area contributed by atoms with E-state index >= 15 is 0 Å². The van der Waals surface area contributed by atoms with Crippen molar-refractivity contribution < 1.29 is 13.2 Å². The third-order valence-corrected chi connectivity index (χ3v) is 7.47. The van der Waals surface area contributed by atoms with Crippen LogP contribution in [0.4, 0.5) is 5.13 Å². The Hall–Kier alpha value is -2.29. The van der Waals surface area contributed by atoms with Gasteiger partial charge in [0.15, 0.2) is 15.0 Å². The Balaban J connectivity index is 1.82. The minimum atomic E-state index is -3.92. The van der Waals surface area contributed by atoms with Crippen molar-refractivity contribution in [2.45, 2.75) is 23.5 Å². The number of carbonyl (C=O) groups excluding carboxylic acids is 1. The molecule has 2 aromatic heterocycles. The first-order valence-corrected chi connectivity index (χ1v) is 10.6. The highest BCUT2D eigenvalue weighted by Crippen LogP contribution is 2.29. The molecule has 0 saturated carbocycles. The lowest BCUT2D eigenvalue weighted by Gasteiger charge is -2.23. The number of anilines is 1. The summed E-state index contributed by atoms with van der Waals surface area (Å²) in [6, 6.07) is 9.33. The average molecular weight is 422 g/mol. The molecule has 27 heavy (non-hydrogen) atoms. The molecule has 0 aliphatic heterocycles. The predicted molar refractivity (Wildman–Crippen MR) is 107 cm³/mol. The lowest BCUT2D eigenvalue weighted by molar-refractivity contribution is -0.117. The van der Waals surface area contributed by atoms with Gasteiger partial charge in [0.05, 0.1) is 10.6 Å². The number of hydrogen-bond acceptors (Lipinski definition) is 6. The molecule has 9 heteroatoms. The highest BCUT2D eigenvalue weighted by Gasteiger charge is 2.43. The molecule has 2 heterocycles. The molecule has 3 rings (SSSR count). The summed E-state index contributed by atoms with van der Waals surface area (Å²) in [6.07, 6.45) is 3.30. The maximum atomic E-state index is 12.9. The molecule has 1 aromatic carbocycles. The summed E-state index contributed by atoms with van der Waals surface area (Å²) in [5.74, 6) is -0.659. The number of sulfone groups is 1. The van der Waals surface area contributed by atoms with Crippen molar-refractivity contribution in [3.8, 4) is 11.3 Å². The van der Waals surface area contributed by atoms with E-state index in [0.29, 0.717) is 15.8 Å². The third-order valence-electron chi connectivity index (χ3n) is 4.04. The van der Waals surface area contributed by atoms with Gasteiger partial charge in [-0.1, -0.05) is 11.6 Å². The maximum Gasteiger partial charge on any atom is 0.247 e. The van der Waals surface area contributed by atoms with Crippen LogP contribution in [-0.4, -0.2) is 29.0 Å². The molecule has 0 spiro atoms. The molecular formula is C18H16ClN3O3S2. The zero-order valence-electron chi connectivity index (χ0n) is 14.5. The van der Waals surface area contributed by atoms with E-state index in [1.807, 2.05) is 0 Å². The second kappa shape index (κ2) is 7.38. The van der Waals surface area contributed by atoms with Crippen LogP contribution in [0.5, 0.6) is 0 Å². The van der Waals surface area contributed by atoms with Gasteiger partial charge in [-0.05, 0) is 50.2 Å². The number of benzene rings is 1. The average Bonchev–Trinajstić information content (AvgIpc) is 3.11. The number of rotatable bonds is 5. The molecule has 6 nitrogen and oxygen atoms in total. The van der Waals surface area contributed by atoms with Crippen LogP contribution in [0.25, 0.3) is 11.3 Å². The monoisotopic (exact) mass is 421 g/mol. The number of pyridine rings is 1. The summed E-state index contributed by atoms with van der Waals surface area (Å²) in [4.78, 5) is 21.0. The fourth-order valence-corrected chi connectivity index (χ4v) is 4.48. The van der Waals surface area contributed by atoms with Crippen LogP contribution in [0, 0.1) is 0 Å². The van der Waals surface area contributed by atoms with Crippen LogP contribution < -0.4 is 5.32 Å². The van der Waals surface area contributed by atoms with Gasteiger partial charge in [-0.15, -0.1) is 11.3 Å². The van der Waals surface area contributed by atoms with Gasteiger partial charge in [-0.3, -0.25) is 9.78 Å². The Morgan fingerprint density at radius 2 is 1.74 bits per heavy atom. The molecule has 0 bridgehead atoms. The SMILES string of the molecule is CC(C)(C(=O)Nc1nc(-c2ccncc2)cs1)S(=O)(=O)c1ccc(Cl)cc1. The Labute approximate surface area is 166 Å². The van der Waals surface area contributed by atoms with Crippen molar-refractivity contribution in [1.82, 2.24) is 9.97 Å². The fraction of sp³-hybridized carbons (Fsp3) is 0.167. The Bertz CT molecular complexity index is 1060. The standard InChI is InChI=1S/C18H16ClN3O3S2/c1-18(2,27(24,25)14-5-3-13(19)4-6-14)16(23)22-17-21-15(11-26-17)12-7-9-20-10-8-12/h3-11H,1-2H3,(H,21,22,23). The van der Waals surface area contributed by atoms with E-state index in [1.165, 1.54) is 49.4 Å². The quantitative estimate of drug-likeness (QED) is 0.671. The van der Waals surface area contributed by atoms with Gasteiger partial charge in [0.1, 0.15) is 4.75 Å². The summed E-state index contributed by atoms with van der Waals surface area (Å²) in [5, 5.41) is 5.13. The number of hydrogen-bond donors (Lipinski definition) is 1. The highest BCUT2D eigenvalue weighted by molar-refractivity contribution is 7.93. The lowest BCUT2D eigenvalue weighted by atomic mass is 10.2. The minimum absolute atomic E-state index is 0.0312. The smallest absolute Gasteiger partial charge is 0.247 e. The van der Waals surface area contributed by atoms with Crippen molar-refractivity contribution in [3.63, 3.8) is 0 Å². The lowest BCUT2D eigenvalue weighted by Crippen LogP contribution is -2.44. The number of thiazole rings is 1. The second-order valence-electron chi connectivity index (χ2n) is 6.20. The summed E-state index contributed by atoms with van der Waals surface area (Å²) in [5.41, 5.74) is 1.53. The zero-order valence-corrected chi connectivity index (χ0v) is 16.9. The van der Waals surface area contributed by atoms with E-state index in [-0.39, 0.29) is 4.90 Å². The zero-order chi connectivity index (χ0) is 19.7. The van der Waals surface area contributed by atoms with Crippen LogP contribution in [0.1, 0.15) is 13.8 Å². The molecule has 1 N–H and O–H groups in total. The first-order chi connectivity index (χ1) is 12.7. The molecule has 0 aliphatic rings. The van der Waals surface area contributed by atoms with Crippen LogP contribution in [0.3, 0.4) is 0 Å². The van der Waals surface area contributed by atoms with E-state index in [9.17, 15) is 13.2 Å². The molecule has 0 radical (unpaired) electrons. The number of carbonyl (C=O) groups is 1. The minimum Gasteiger partial charge on any atom is -0.301 e. The van der Waals surface area contributed by atoms with Gasteiger partial charge in [0, 0.05) is 28.4 Å². The van der Waals surface area contributed by atoms with Gasteiger partial charge in [-0.2, -0.15) is 0 Å². The van der Waals surface area contributed by atoms with Crippen LogP contribution in [0.15, 0.2) is 59.1 Å². The molecule has 0 atom stereocenters. The first kappa shape index (κ1) is 19.5. The van der Waals surface area contributed by atoms with Crippen molar-refractivity contribution in [2.75, 3.05) is 5.32 Å². The summed E-state index contributed by atoms with van der Waals surface area (Å²) >= 11 is 7.04. The van der Waals surface area contributed by atoms with Crippen LogP contribution in [-0.2, 0) is 14.6 Å². The van der Waals surface area contributed by atoms with Crippen LogP contribution in [0.2, 0.25) is 5.02 Å². The van der Waals surface area contributed by atoms with Gasteiger partial charge < -0.3 is 5.32 Å². The number of nitrogens with zero attached hydrogens (tertiary/aromatic N) is 2. The molecule has 3 aromatic rings. The molecule has 140 valence electrons. The highest BCUT2D eigenvalue weighted by atomic mass is 35.5. The third kappa shape index (κ3) is 3.87. The molecule has 0 aliphatic carbocycles. The normalized spacial score (nSPS) is 12.0. The van der Waals surface area contributed by atoms with E-state index in [0.717, 1.165) is 5.56 Å². The summed E-state index contributed by atoms with van der Waals surface area (Å²) < 4.78 is 24.1. The number of nitrogens with one attached hydrogen (secondary N) is 1. The molecule has 0 saturated heterocycles. The number of aromatic nitrogens is 2. The van der Waals surface area contributed by atoms with Gasteiger partial charge >= 0.3 is 0 Å².